The molecule has 2 heterocycles. The fraction of sp³-hybridized carbons (Fsp3) is 0.240. The van der Waals surface area contributed by atoms with Crippen LogP contribution in [0.2, 0.25) is 5.02 Å². The minimum atomic E-state index is -4.49. The molecular formula is C25H23ClF3N5O3. The quantitative estimate of drug-likeness (QED) is 0.288. The number of alkyl halides is 3. The van der Waals surface area contributed by atoms with Crippen LogP contribution < -0.4 is 20.7 Å². The molecule has 0 spiro atoms. The second kappa shape index (κ2) is 11.5. The highest BCUT2D eigenvalue weighted by Crippen LogP contribution is 2.36. The molecule has 8 nitrogen and oxygen atoms in total. The number of aliphatic hydroxyl groups is 1. The lowest BCUT2D eigenvalue weighted by atomic mass is 10.1. The highest BCUT2D eigenvalue weighted by atomic mass is 35.5. The van der Waals surface area contributed by atoms with Gasteiger partial charge in [0.25, 0.3) is 0 Å². The Morgan fingerprint density at radius 3 is 2.78 bits per heavy atom. The predicted molar refractivity (Wildman–Crippen MR) is 134 cm³/mol. The number of fused-ring (bicyclic) bond motifs is 1. The second-order valence-corrected chi connectivity index (χ2v) is 8.47. The Morgan fingerprint density at radius 1 is 1.19 bits per heavy atom. The number of carbonyl (C=O) groups excluding carboxylic acids is 1. The molecule has 2 aromatic carbocycles. The average Bonchev–Trinajstić information content (AvgIpc) is 3.09. The van der Waals surface area contributed by atoms with Crippen LogP contribution in [0.4, 0.5) is 30.5 Å². The van der Waals surface area contributed by atoms with Crippen LogP contribution in [0.5, 0.6) is 11.5 Å². The summed E-state index contributed by atoms with van der Waals surface area (Å²) < 4.78 is 44.5. The molecule has 1 aliphatic heterocycles. The Bertz CT molecular complexity index is 1320. The smallest absolute Gasteiger partial charge is 0.416 e. The zero-order valence-corrected chi connectivity index (χ0v) is 20.2. The first-order valence-corrected chi connectivity index (χ1v) is 11.7. The van der Waals surface area contributed by atoms with E-state index in [4.69, 9.17) is 21.4 Å². The van der Waals surface area contributed by atoms with Crippen molar-refractivity contribution in [1.29, 1.82) is 0 Å². The van der Waals surface area contributed by atoms with Crippen LogP contribution in [0.15, 0.2) is 54.4 Å². The molecule has 194 valence electrons. The van der Waals surface area contributed by atoms with E-state index >= 15 is 0 Å². The van der Waals surface area contributed by atoms with Crippen molar-refractivity contribution < 1.29 is 27.8 Å². The summed E-state index contributed by atoms with van der Waals surface area (Å²) in [7, 11) is 0. The highest BCUT2D eigenvalue weighted by molar-refractivity contribution is 6.32. The molecule has 4 rings (SSSR count). The molecule has 1 aromatic heterocycles. The van der Waals surface area contributed by atoms with Gasteiger partial charge in [-0.05, 0) is 55.3 Å². The van der Waals surface area contributed by atoms with E-state index in [0.717, 1.165) is 12.1 Å². The number of ether oxygens (including phenoxy) is 1. The number of halogens is 4. The van der Waals surface area contributed by atoms with E-state index in [-0.39, 0.29) is 29.0 Å². The molecule has 4 N–H and O–H groups in total. The maximum absolute atomic E-state index is 13.0. The standard InChI is InChI=1S/C25H23ClF3N5O3/c26-20-13-17(5-6-21(20)37-18-4-1-3-16(12-18)25(27,28)29)34-23-19-11-15(24(36)31-8-2-10-35)7-9-30-22(19)32-14-33-23/h1,3-6,11-14,35H,2,7-10H2,(H,31,36)(H2,30,32,33,34). The molecule has 37 heavy (non-hydrogen) atoms. The zero-order chi connectivity index (χ0) is 26.4. The summed E-state index contributed by atoms with van der Waals surface area (Å²) >= 11 is 6.35. The van der Waals surface area contributed by atoms with E-state index in [2.05, 4.69) is 25.9 Å². The van der Waals surface area contributed by atoms with Gasteiger partial charge >= 0.3 is 6.18 Å². The Morgan fingerprint density at radius 2 is 2.03 bits per heavy atom. The summed E-state index contributed by atoms with van der Waals surface area (Å²) in [6, 6.07) is 9.24. The summed E-state index contributed by atoms with van der Waals surface area (Å²) in [4.78, 5) is 21.1. The van der Waals surface area contributed by atoms with Crippen molar-refractivity contribution in [2.45, 2.75) is 19.0 Å². The van der Waals surface area contributed by atoms with Crippen LogP contribution in [-0.4, -0.2) is 40.7 Å². The largest absolute Gasteiger partial charge is 0.456 e. The van der Waals surface area contributed by atoms with E-state index in [1.54, 1.807) is 18.2 Å². The second-order valence-electron chi connectivity index (χ2n) is 8.06. The Hall–Kier alpha value is -3.83. The number of hydrogen-bond acceptors (Lipinski definition) is 7. The van der Waals surface area contributed by atoms with Gasteiger partial charge in [0.15, 0.2) is 0 Å². The third-order valence-electron chi connectivity index (χ3n) is 5.39. The lowest BCUT2D eigenvalue weighted by Crippen LogP contribution is -2.27. The van der Waals surface area contributed by atoms with Crippen LogP contribution in [0.3, 0.4) is 0 Å². The van der Waals surface area contributed by atoms with Crippen molar-refractivity contribution in [3.63, 3.8) is 0 Å². The molecule has 1 aliphatic rings. The minimum Gasteiger partial charge on any atom is -0.456 e. The van der Waals surface area contributed by atoms with Gasteiger partial charge in [-0.15, -0.1) is 0 Å². The summed E-state index contributed by atoms with van der Waals surface area (Å²) in [5, 5.41) is 18.2. The number of benzene rings is 2. The lowest BCUT2D eigenvalue weighted by Gasteiger charge is -2.14. The Kier molecular flexibility index (Phi) is 8.14. The van der Waals surface area contributed by atoms with Crippen molar-refractivity contribution in [2.75, 3.05) is 30.3 Å². The molecule has 0 saturated heterocycles. The number of amides is 1. The van der Waals surface area contributed by atoms with Crippen LogP contribution in [0.1, 0.15) is 24.0 Å². The van der Waals surface area contributed by atoms with Crippen molar-refractivity contribution in [1.82, 2.24) is 15.3 Å². The fourth-order valence-corrected chi connectivity index (χ4v) is 3.79. The molecule has 0 aliphatic carbocycles. The molecule has 1 amide bonds. The fourth-order valence-electron chi connectivity index (χ4n) is 3.57. The molecule has 0 bridgehead atoms. The van der Waals surface area contributed by atoms with Crippen molar-refractivity contribution in [3.05, 3.63) is 70.5 Å². The van der Waals surface area contributed by atoms with Gasteiger partial charge in [-0.1, -0.05) is 17.7 Å². The molecule has 0 unspecified atom stereocenters. The zero-order valence-electron chi connectivity index (χ0n) is 19.4. The maximum atomic E-state index is 13.0. The Balaban J connectivity index is 1.54. The van der Waals surface area contributed by atoms with Crippen molar-refractivity contribution >= 4 is 40.9 Å². The average molecular weight is 534 g/mol. The number of aliphatic hydroxyl groups excluding tert-OH is 1. The van der Waals surface area contributed by atoms with Crippen LogP contribution in [0.25, 0.3) is 6.08 Å². The predicted octanol–water partition coefficient (Wildman–Crippen LogP) is 5.38. The van der Waals surface area contributed by atoms with Gasteiger partial charge in [0, 0.05) is 31.0 Å². The van der Waals surface area contributed by atoms with Gasteiger partial charge < -0.3 is 25.8 Å². The minimum absolute atomic E-state index is 0.000407. The monoisotopic (exact) mass is 533 g/mol. The first-order valence-electron chi connectivity index (χ1n) is 11.3. The molecule has 0 atom stereocenters. The molecule has 0 radical (unpaired) electrons. The molecule has 12 heteroatoms. The summed E-state index contributed by atoms with van der Waals surface area (Å²) in [5.74, 6) is 0.905. The van der Waals surface area contributed by atoms with Crippen LogP contribution in [0, 0.1) is 0 Å². The summed E-state index contributed by atoms with van der Waals surface area (Å²) in [6.07, 6.45) is -0.484. The van der Waals surface area contributed by atoms with Crippen LogP contribution >= 0.6 is 11.6 Å². The normalized spacial score (nSPS) is 13.1. The van der Waals surface area contributed by atoms with E-state index in [1.165, 1.54) is 24.5 Å². The number of anilines is 3. The summed E-state index contributed by atoms with van der Waals surface area (Å²) in [6.45, 7) is 0.838. The molecule has 0 fully saturated rings. The van der Waals surface area contributed by atoms with Gasteiger partial charge in [-0.3, -0.25) is 4.79 Å². The molecule has 0 saturated carbocycles. The van der Waals surface area contributed by atoms with Gasteiger partial charge in [0.1, 0.15) is 29.5 Å². The van der Waals surface area contributed by atoms with E-state index < -0.39 is 11.7 Å². The van der Waals surface area contributed by atoms with E-state index in [0.29, 0.717) is 54.4 Å². The molecular weight excluding hydrogens is 511 g/mol. The van der Waals surface area contributed by atoms with Gasteiger partial charge in [-0.2, -0.15) is 13.2 Å². The third-order valence-corrected chi connectivity index (χ3v) is 5.68. The number of aromatic nitrogens is 2. The van der Waals surface area contributed by atoms with Crippen molar-refractivity contribution in [2.24, 2.45) is 0 Å². The van der Waals surface area contributed by atoms with E-state index in [9.17, 15) is 18.0 Å². The topological polar surface area (TPSA) is 108 Å². The number of hydrogen-bond donors (Lipinski definition) is 4. The maximum Gasteiger partial charge on any atom is 0.416 e. The van der Waals surface area contributed by atoms with Gasteiger partial charge in [0.2, 0.25) is 5.91 Å². The number of rotatable bonds is 8. The first-order chi connectivity index (χ1) is 17.7. The third kappa shape index (κ3) is 6.69. The molecule has 3 aromatic rings. The van der Waals surface area contributed by atoms with Gasteiger partial charge in [-0.25, -0.2) is 9.97 Å². The highest BCUT2D eigenvalue weighted by Gasteiger charge is 2.30. The number of nitrogens with zero attached hydrogens (tertiary/aromatic N) is 2. The number of nitrogens with one attached hydrogen (secondary N) is 3. The lowest BCUT2D eigenvalue weighted by molar-refractivity contribution is -0.137. The summed E-state index contributed by atoms with van der Waals surface area (Å²) in [5.41, 5.74) is 0.818. The first kappa shape index (κ1) is 26.2. The van der Waals surface area contributed by atoms with E-state index in [1.807, 2.05) is 0 Å². The SMILES string of the molecule is O=C(NCCCO)C1=Cc2c(ncnc2Nc2ccc(Oc3cccc(C(F)(F)F)c3)c(Cl)c2)NCC1. The van der Waals surface area contributed by atoms with Crippen molar-refractivity contribution in [3.8, 4) is 11.5 Å². The number of carbonyl (C=O) groups is 1. The Labute approximate surface area is 215 Å². The van der Waals surface area contributed by atoms with Crippen LogP contribution in [-0.2, 0) is 11.0 Å². The van der Waals surface area contributed by atoms with Gasteiger partial charge in [0.05, 0.1) is 16.1 Å².